The van der Waals surface area contributed by atoms with Crippen LogP contribution < -0.4 is 15.4 Å². The van der Waals surface area contributed by atoms with Crippen molar-refractivity contribution in [2.45, 2.75) is 19.4 Å². The average molecular weight is 298 g/mol. The van der Waals surface area contributed by atoms with Crippen LogP contribution in [0.1, 0.15) is 24.0 Å². The summed E-state index contributed by atoms with van der Waals surface area (Å²) in [5, 5.41) is 5.75. The van der Waals surface area contributed by atoms with Gasteiger partial charge in [-0.3, -0.25) is 0 Å². The van der Waals surface area contributed by atoms with E-state index in [2.05, 4.69) is 29.7 Å². The third-order valence-corrected chi connectivity index (χ3v) is 3.57. The summed E-state index contributed by atoms with van der Waals surface area (Å²) in [7, 11) is 1.63. The van der Waals surface area contributed by atoms with Gasteiger partial charge in [-0.2, -0.15) is 0 Å². The lowest BCUT2D eigenvalue weighted by molar-refractivity contribution is 0.240. The van der Waals surface area contributed by atoms with Gasteiger partial charge in [0.1, 0.15) is 5.75 Å². The van der Waals surface area contributed by atoms with E-state index >= 15 is 0 Å². The molecule has 4 nitrogen and oxygen atoms in total. The van der Waals surface area contributed by atoms with E-state index in [4.69, 9.17) is 4.74 Å². The van der Waals surface area contributed by atoms with Crippen molar-refractivity contribution < 1.29 is 9.53 Å². The van der Waals surface area contributed by atoms with Crippen LogP contribution in [0.5, 0.6) is 5.75 Å². The Hall–Kier alpha value is -2.49. The summed E-state index contributed by atoms with van der Waals surface area (Å²) in [4.78, 5) is 11.9. The summed E-state index contributed by atoms with van der Waals surface area (Å²) in [6, 6.07) is 17.6. The zero-order valence-corrected chi connectivity index (χ0v) is 13.0. The molecule has 0 aliphatic heterocycles. The maximum absolute atomic E-state index is 11.9. The van der Waals surface area contributed by atoms with Gasteiger partial charge in [0.25, 0.3) is 0 Å². The van der Waals surface area contributed by atoms with Gasteiger partial charge in [-0.1, -0.05) is 55.5 Å². The molecule has 2 N–H and O–H groups in total. The predicted octanol–water partition coefficient (Wildman–Crippen LogP) is 3.30. The monoisotopic (exact) mass is 298 g/mol. The highest BCUT2D eigenvalue weighted by Crippen LogP contribution is 2.16. The fourth-order valence-electron chi connectivity index (χ4n) is 2.23. The van der Waals surface area contributed by atoms with Crippen molar-refractivity contribution >= 4 is 6.03 Å². The largest absolute Gasteiger partial charge is 0.496 e. The summed E-state index contributed by atoms with van der Waals surface area (Å²) in [5.74, 6) is 1.05. The smallest absolute Gasteiger partial charge is 0.315 e. The number of urea groups is 1. The maximum Gasteiger partial charge on any atom is 0.315 e. The summed E-state index contributed by atoms with van der Waals surface area (Å²) < 4.78 is 5.26. The normalized spacial score (nSPS) is 11.5. The number of ether oxygens (including phenoxy) is 1. The number of amides is 2. The van der Waals surface area contributed by atoms with Crippen LogP contribution in [0.25, 0.3) is 0 Å². The number of methoxy groups -OCH3 is 1. The molecule has 0 aliphatic rings. The minimum atomic E-state index is -0.173. The van der Waals surface area contributed by atoms with Gasteiger partial charge in [-0.15, -0.1) is 0 Å². The topological polar surface area (TPSA) is 50.4 Å². The van der Waals surface area contributed by atoms with E-state index in [-0.39, 0.29) is 11.9 Å². The minimum absolute atomic E-state index is 0.173. The van der Waals surface area contributed by atoms with Gasteiger partial charge in [-0.25, -0.2) is 4.79 Å². The van der Waals surface area contributed by atoms with Crippen molar-refractivity contribution in [3.8, 4) is 5.75 Å². The predicted molar refractivity (Wildman–Crippen MR) is 88.1 cm³/mol. The first-order chi connectivity index (χ1) is 10.7. The fourth-order valence-corrected chi connectivity index (χ4v) is 2.23. The van der Waals surface area contributed by atoms with Gasteiger partial charge in [0.15, 0.2) is 0 Å². The molecule has 0 saturated carbocycles. The molecule has 0 radical (unpaired) electrons. The molecular formula is C18H22N2O2. The number of benzene rings is 2. The van der Waals surface area contributed by atoms with Crippen molar-refractivity contribution in [3.63, 3.8) is 0 Å². The first-order valence-electron chi connectivity index (χ1n) is 7.39. The molecule has 0 bridgehead atoms. The molecule has 0 saturated heterocycles. The molecule has 2 aromatic carbocycles. The molecule has 0 fully saturated rings. The molecule has 116 valence electrons. The van der Waals surface area contributed by atoms with Crippen LogP contribution in [-0.2, 0) is 6.54 Å². The second-order valence-electron chi connectivity index (χ2n) is 5.19. The Morgan fingerprint density at radius 3 is 2.45 bits per heavy atom. The SMILES string of the molecule is COc1ccccc1CNC(=O)NCC(C)c1ccccc1. The highest BCUT2D eigenvalue weighted by atomic mass is 16.5. The molecule has 0 aromatic heterocycles. The molecule has 0 spiro atoms. The Kier molecular flexibility index (Phi) is 5.83. The van der Waals surface area contributed by atoms with Gasteiger partial charge in [0.2, 0.25) is 0 Å². The lowest BCUT2D eigenvalue weighted by atomic mass is 10.0. The van der Waals surface area contributed by atoms with Crippen LogP contribution in [-0.4, -0.2) is 19.7 Å². The summed E-state index contributed by atoms with van der Waals surface area (Å²) >= 11 is 0. The highest BCUT2D eigenvalue weighted by Gasteiger charge is 2.08. The van der Waals surface area contributed by atoms with Crippen molar-refractivity contribution in [3.05, 3.63) is 65.7 Å². The third-order valence-electron chi connectivity index (χ3n) is 3.57. The Morgan fingerprint density at radius 1 is 1.05 bits per heavy atom. The van der Waals surface area contributed by atoms with Gasteiger partial charge in [0, 0.05) is 18.7 Å². The molecule has 2 aromatic rings. The Morgan fingerprint density at radius 2 is 1.73 bits per heavy atom. The van der Waals surface area contributed by atoms with Crippen LogP contribution in [0, 0.1) is 0 Å². The summed E-state index contributed by atoms with van der Waals surface area (Å²) in [6.45, 7) is 3.13. The highest BCUT2D eigenvalue weighted by molar-refractivity contribution is 5.74. The van der Waals surface area contributed by atoms with E-state index in [9.17, 15) is 4.79 Å². The van der Waals surface area contributed by atoms with Crippen LogP contribution in [0.4, 0.5) is 4.79 Å². The Labute approximate surface area is 131 Å². The van der Waals surface area contributed by atoms with Gasteiger partial charge >= 0.3 is 6.03 Å². The number of rotatable bonds is 6. The van der Waals surface area contributed by atoms with Crippen molar-refractivity contribution in [2.24, 2.45) is 0 Å². The minimum Gasteiger partial charge on any atom is -0.496 e. The summed E-state index contributed by atoms with van der Waals surface area (Å²) in [5.41, 5.74) is 2.17. The number of nitrogens with one attached hydrogen (secondary N) is 2. The lowest BCUT2D eigenvalue weighted by Crippen LogP contribution is -2.37. The molecule has 4 heteroatoms. The van der Waals surface area contributed by atoms with E-state index in [0.717, 1.165) is 11.3 Å². The van der Waals surface area contributed by atoms with E-state index < -0.39 is 0 Å². The van der Waals surface area contributed by atoms with Crippen LogP contribution >= 0.6 is 0 Å². The van der Waals surface area contributed by atoms with Gasteiger partial charge < -0.3 is 15.4 Å². The maximum atomic E-state index is 11.9. The Balaban J connectivity index is 1.79. The molecule has 1 unspecified atom stereocenters. The number of para-hydroxylation sites is 1. The van der Waals surface area contributed by atoms with Gasteiger partial charge in [0.05, 0.1) is 7.11 Å². The standard InChI is InChI=1S/C18H22N2O2/c1-14(15-8-4-3-5-9-15)12-19-18(21)20-13-16-10-6-7-11-17(16)22-2/h3-11,14H,12-13H2,1-2H3,(H2,19,20,21). The van der Waals surface area contributed by atoms with E-state index in [1.807, 2.05) is 42.5 Å². The van der Waals surface area contributed by atoms with E-state index in [0.29, 0.717) is 13.1 Å². The van der Waals surface area contributed by atoms with Crippen LogP contribution in [0.3, 0.4) is 0 Å². The van der Waals surface area contributed by atoms with E-state index in [1.54, 1.807) is 7.11 Å². The van der Waals surface area contributed by atoms with Crippen molar-refractivity contribution in [1.29, 1.82) is 0 Å². The molecule has 0 heterocycles. The second-order valence-corrected chi connectivity index (χ2v) is 5.19. The molecule has 22 heavy (non-hydrogen) atoms. The number of hydrogen-bond acceptors (Lipinski definition) is 2. The molecule has 2 amide bonds. The quantitative estimate of drug-likeness (QED) is 0.859. The zero-order valence-electron chi connectivity index (χ0n) is 13.0. The fraction of sp³-hybridized carbons (Fsp3) is 0.278. The van der Waals surface area contributed by atoms with Crippen LogP contribution in [0.2, 0.25) is 0 Å². The number of carbonyl (C=O) groups is 1. The average Bonchev–Trinajstić information content (AvgIpc) is 2.58. The molecule has 0 aliphatic carbocycles. The summed E-state index contributed by atoms with van der Waals surface area (Å²) in [6.07, 6.45) is 0. The van der Waals surface area contributed by atoms with Gasteiger partial charge in [-0.05, 0) is 17.5 Å². The van der Waals surface area contributed by atoms with Crippen LogP contribution in [0.15, 0.2) is 54.6 Å². The number of hydrogen-bond donors (Lipinski definition) is 2. The van der Waals surface area contributed by atoms with Crippen molar-refractivity contribution in [2.75, 3.05) is 13.7 Å². The molecule has 1 atom stereocenters. The molecule has 2 rings (SSSR count). The number of carbonyl (C=O) groups excluding carboxylic acids is 1. The Bertz CT molecular complexity index is 599. The zero-order chi connectivity index (χ0) is 15.8. The van der Waals surface area contributed by atoms with Crippen molar-refractivity contribution in [1.82, 2.24) is 10.6 Å². The first-order valence-corrected chi connectivity index (χ1v) is 7.39. The lowest BCUT2D eigenvalue weighted by Gasteiger charge is -2.14. The second kappa shape index (κ2) is 8.08. The molecular weight excluding hydrogens is 276 g/mol. The first kappa shape index (κ1) is 15.9. The third kappa shape index (κ3) is 4.52. The van der Waals surface area contributed by atoms with E-state index in [1.165, 1.54) is 5.56 Å².